The smallest absolute Gasteiger partial charge is 0.0577 e. The predicted octanol–water partition coefficient (Wildman–Crippen LogP) is 3.51. The molecule has 0 spiro atoms. The third kappa shape index (κ3) is 3.41. The Bertz CT molecular complexity index is 470. The number of aromatic nitrogens is 1. The van der Waals surface area contributed by atoms with Crippen molar-refractivity contribution in [2.24, 2.45) is 5.92 Å². The molecule has 1 N–H and O–H groups in total. The topological polar surface area (TPSA) is 24.9 Å². The van der Waals surface area contributed by atoms with Crippen LogP contribution in [0.4, 0.5) is 0 Å². The Morgan fingerprint density at radius 3 is 2.55 bits per heavy atom. The molecular formula is C17H20N2S. The van der Waals surface area contributed by atoms with Gasteiger partial charge in [0.1, 0.15) is 0 Å². The molecule has 20 heavy (non-hydrogen) atoms. The maximum atomic E-state index is 4.13. The average Bonchev–Trinajstić information content (AvgIpc) is 3.03. The average molecular weight is 284 g/mol. The van der Waals surface area contributed by atoms with E-state index >= 15 is 0 Å². The molecule has 2 atom stereocenters. The molecule has 3 heteroatoms. The van der Waals surface area contributed by atoms with E-state index in [4.69, 9.17) is 0 Å². The highest BCUT2D eigenvalue weighted by Gasteiger charge is 2.19. The van der Waals surface area contributed by atoms with Crippen molar-refractivity contribution < 1.29 is 0 Å². The summed E-state index contributed by atoms with van der Waals surface area (Å²) in [6.45, 7) is 1.09. The normalized spacial score (nSPS) is 19.9. The van der Waals surface area contributed by atoms with Gasteiger partial charge in [0.15, 0.2) is 0 Å². The molecule has 1 aromatic heterocycles. The summed E-state index contributed by atoms with van der Waals surface area (Å²) >= 11 is 2.08. The van der Waals surface area contributed by atoms with Gasteiger partial charge in [0.05, 0.1) is 6.04 Å². The molecule has 2 nitrogen and oxygen atoms in total. The highest BCUT2D eigenvalue weighted by molar-refractivity contribution is 7.99. The van der Waals surface area contributed by atoms with Crippen molar-refractivity contribution in [2.45, 2.75) is 12.5 Å². The van der Waals surface area contributed by atoms with Gasteiger partial charge < -0.3 is 5.32 Å². The van der Waals surface area contributed by atoms with Crippen LogP contribution < -0.4 is 5.32 Å². The highest BCUT2D eigenvalue weighted by atomic mass is 32.2. The van der Waals surface area contributed by atoms with Gasteiger partial charge in [0.2, 0.25) is 0 Å². The Morgan fingerprint density at radius 1 is 1.10 bits per heavy atom. The Morgan fingerprint density at radius 2 is 1.85 bits per heavy atom. The summed E-state index contributed by atoms with van der Waals surface area (Å²) in [5.74, 6) is 3.43. The summed E-state index contributed by atoms with van der Waals surface area (Å²) in [4.78, 5) is 4.13. The minimum Gasteiger partial charge on any atom is -0.306 e. The quantitative estimate of drug-likeness (QED) is 0.909. The van der Waals surface area contributed by atoms with Crippen LogP contribution in [-0.2, 0) is 0 Å². The van der Waals surface area contributed by atoms with Crippen molar-refractivity contribution in [1.29, 1.82) is 0 Å². The Kier molecular flexibility index (Phi) is 4.72. The van der Waals surface area contributed by atoms with E-state index in [1.807, 2.05) is 12.4 Å². The van der Waals surface area contributed by atoms with E-state index < -0.39 is 0 Å². The van der Waals surface area contributed by atoms with Crippen molar-refractivity contribution in [3.05, 3.63) is 66.0 Å². The largest absolute Gasteiger partial charge is 0.306 e. The van der Waals surface area contributed by atoms with E-state index in [2.05, 4.69) is 64.5 Å². The number of nitrogens with zero attached hydrogens (tertiary/aromatic N) is 1. The maximum absolute atomic E-state index is 4.13. The van der Waals surface area contributed by atoms with E-state index in [-0.39, 0.29) is 6.04 Å². The minimum absolute atomic E-state index is 0.268. The second-order valence-corrected chi connectivity index (χ2v) is 6.41. The van der Waals surface area contributed by atoms with E-state index in [1.54, 1.807) is 0 Å². The van der Waals surface area contributed by atoms with Crippen molar-refractivity contribution >= 4 is 11.8 Å². The lowest BCUT2D eigenvalue weighted by Crippen LogP contribution is -2.28. The molecule has 1 saturated heterocycles. The number of nitrogens with one attached hydrogen (secondary N) is 1. The van der Waals surface area contributed by atoms with Gasteiger partial charge in [-0.3, -0.25) is 4.98 Å². The van der Waals surface area contributed by atoms with Crippen LogP contribution in [0.1, 0.15) is 23.6 Å². The fraction of sp³-hybridized carbons (Fsp3) is 0.353. The first-order valence-electron chi connectivity index (χ1n) is 7.19. The summed E-state index contributed by atoms with van der Waals surface area (Å²) < 4.78 is 0. The van der Waals surface area contributed by atoms with Crippen molar-refractivity contribution in [1.82, 2.24) is 10.3 Å². The number of thioether (sulfide) groups is 1. The van der Waals surface area contributed by atoms with Crippen LogP contribution >= 0.6 is 11.8 Å². The molecule has 1 aromatic carbocycles. The molecule has 0 amide bonds. The molecule has 104 valence electrons. The molecule has 1 fully saturated rings. The van der Waals surface area contributed by atoms with Gasteiger partial charge in [-0.1, -0.05) is 30.3 Å². The van der Waals surface area contributed by atoms with Gasteiger partial charge in [-0.05, 0) is 53.6 Å². The molecule has 0 radical (unpaired) electrons. The van der Waals surface area contributed by atoms with Crippen LogP contribution in [0.2, 0.25) is 0 Å². The summed E-state index contributed by atoms with van der Waals surface area (Å²) in [7, 11) is 0. The maximum Gasteiger partial charge on any atom is 0.0577 e. The van der Waals surface area contributed by atoms with Crippen LogP contribution in [0, 0.1) is 5.92 Å². The second kappa shape index (κ2) is 6.91. The summed E-state index contributed by atoms with van der Waals surface area (Å²) in [5, 5.41) is 3.75. The van der Waals surface area contributed by atoms with Crippen molar-refractivity contribution in [3.63, 3.8) is 0 Å². The second-order valence-electron chi connectivity index (χ2n) is 5.26. The van der Waals surface area contributed by atoms with Crippen LogP contribution in [0.5, 0.6) is 0 Å². The lowest BCUT2D eigenvalue weighted by atomic mass is 9.98. The molecule has 0 bridgehead atoms. The first-order chi connectivity index (χ1) is 9.93. The third-order valence-electron chi connectivity index (χ3n) is 3.81. The van der Waals surface area contributed by atoms with Gasteiger partial charge in [-0.2, -0.15) is 11.8 Å². The standard InChI is InChI=1S/C17H20N2S/c1-2-4-15(5-3-1)17(16-6-9-18-10-7-16)19-12-14-8-11-20-13-14/h1-7,9-10,14,17,19H,8,11-13H2. The van der Waals surface area contributed by atoms with E-state index in [9.17, 15) is 0 Å². The SMILES string of the molecule is c1ccc(C(NCC2CCSC2)c2ccncc2)cc1. The molecule has 0 aliphatic carbocycles. The van der Waals surface area contributed by atoms with Crippen LogP contribution in [0.25, 0.3) is 0 Å². The van der Waals surface area contributed by atoms with Crippen molar-refractivity contribution in [3.8, 4) is 0 Å². The fourth-order valence-corrected chi connectivity index (χ4v) is 3.94. The third-order valence-corrected chi connectivity index (χ3v) is 5.04. The number of pyridine rings is 1. The molecule has 3 rings (SSSR count). The van der Waals surface area contributed by atoms with E-state index in [0.29, 0.717) is 0 Å². The van der Waals surface area contributed by atoms with Gasteiger partial charge in [0.25, 0.3) is 0 Å². The Labute approximate surface area is 125 Å². The molecule has 1 aliphatic heterocycles. The summed E-state index contributed by atoms with van der Waals surface area (Å²) in [6.07, 6.45) is 5.09. The first kappa shape index (κ1) is 13.7. The first-order valence-corrected chi connectivity index (χ1v) is 8.35. The van der Waals surface area contributed by atoms with E-state index in [1.165, 1.54) is 29.1 Å². The van der Waals surface area contributed by atoms with Crippen LogP contribution in [0.3, 0.4) is 0 Å². The summed E-state index contributed by atoms with van der Waals surface area (Å²) in [5.41, 5.74) is 2.61. The van der Waals surface area contributed by atoms with Gasteiger partial charge in [0, 0.05) is 12.4 Å². The van der Waals surface area contributed by atoms with Crippen LogP contribution in [0.15, 0.2) is 54.9 Å². The molecular weight excluding hydrogens is 264 g/mol. The van der Waals surface area contributed by atoms with Gasteiger partial charge >= 0.3 is 0 Å². The zero-order valence-corrected chi connectivity index (χ0v) is 12.4. The van der Waals surface area contributed by atoms with Gasteiger partial charge in [-0.25, -0.2) is 0 Å². The minimum atomic E-state index is 0.268. The van der Waals surface area contributed by atoms with E-state index in [0.717, 1.165) is 12.5 Å². The molecule has 2 unspecified atom stereocenters. The highest BCUT2D eigenvalue weighted by Crippen LogP contribution is 2.25. The zero-order valence-electron chi connectivity index (χ0n) is 11.5. The molecule has 2 aromatic rings. The fourth-order valence-electron chi connectivity index (χ4n) is 2.66. The van der Waals surface area contributed by atoms with Crippen molar-refractivity contribution in [2.75, 3.05) is 18.1 Å². The summed E-state index contributed by atoms with van der Waals surface area (Å²) in [6, 6.07) is 15.2. The molecule has 1 aliphatic rings. The van der Waals surface area contributed by atoms with Gasteiger partial charge in [-0.15, -0.1) is 0 Å². The number of hydrogen-bond donors (Lipinski definition) is 1. The Hall–Kier alpha value is -1.32. The zero-order chi connectivity index (χ0) is 13.6. The lowest BCUT2D eigenvalue weighted by molar-refractivity contribution is 0.491. The number of rotatable bonds is 5. The van der Waals surface area contributed by atoms with Crippen LogP contribution in [-0.4, -0.2) is 23.0 Å². The molecule has 0 saturated carbocycles. The lowest BCUT2D eigenvalue weighted by Gasteiger charge is -2.21. The molecule has 2 heterocycles. The Balaban J connectivity index is 1.76. The monoisotopic (exact) mass is 284 g/mol. The number of benzene rings is 1. The number of hydrogen-bond acceptors (Lipinski definition) is 3. The predicted molar refractivity (Wildman–Crippen MR) is 86.0 cm³/mol.